The SMILES string of the molecule is NC(=O)C1(c2cc(-c3ccc4nc5c(c(N6CCOCC6)c4c3)CCCC5)ccn2)CC1. The molecule has 2 fully saturated rings. The van der Waals surface area contributed by atoms with Crippen molar-refractivity contribution in [2.45, 2.75) is 43.9 Å². The molecular formula is C26H28N4O2. The Morgan fingerprint density at radius 2 is 1.81 bits per heavy atom. The minimum atomic E-state index is -0.577. The largest absolute Gasteiger partial charge is 0.378 e. The third kappa shape index (κ3) is 3.16. The molecule has 6 rings (SSSR count). The minimum absolute atomic E-state index is 0.272. The highest BCUT2D eigenvalue weighted by Crippen LogP contribution is 2.47. The molecule has 0 radical (unpaired) electrons. The average molecular weight is 429 g/mol. The van der Waals surface area contributed by atoms with Crippen molar-refractivity contribution in [1.29, 1.82) is 0 Å². The lowest BCUT2D eigenvalue weighted by Gasteiger charge is -2.33. The van der Waals surface area contributed by atoms with Crippen LogP contribution in [0.1, 0.15) is 42.6 Å². The number of carbonyl (C=O) groups is 1. The number of morpholine rings is 1. The molecule has 3 aliphatic rings. The molecule has 0 spiro atoms. The van der Waals surface area contributed by atoms with Gasteiger partial charge in [-0.05, 0) is 79.5 Å². The second kappa shape index (κ2) is 7.55. The summed E-state index contributed by atoms with van der Waals surface area (Å²) >= 11 is 0. The molecular weight excluding hydrogens is 400 g/mol. The molecule has 3 heterocycles. The standard InChI is InChI=1S/C26H28N4O2/c27-25(31)26(8-9-26)23-16-18(7-10-28-23)17-5-6-22-20(15-17)24(30-11-13-32-14-12-30)19-3-1-2-4-21(19)29-22/h5-7,10,15-16H,1-4,8-9,11-14H2,(H2,27,31). The summed E-state index contributed by atoms with van der Waals surface area (Å²) in [7, 11) is 0. The van der Waals surface area contributed by atoms with Gasteiger partial charge in [-0.3, -0.25) is 14.8 Å². The fraction of sp³-hybridized carbons (Fsp3) is 0.423. The first-order valence-corrected chi connectivity index (χ1v) is 11.7. The molecule has 0 bridgehead atoms. The summed E-state index contributed by atoms with van der Waals surface area (Å²) in [5.41, 5.74) is 13.2. The van der Waals surface area contributed by atoms with Gasteiger partial charge in [0.05, 0.1) is 35.5 Å². The van der Waals surface area contributed by atoms with Crippen LogP contribution in [0.15, 0.2) is 36.5 Å². The number of anilines is 1. The molecule has 6 heteroatoms. The van der Waals surface area contributed by atoms with Crippen LogP contribution in [0.4, 0.5) is 5.69 Å². The van der Waals surface area contributed by atoms with Crippen molar-refractivity contribution in [3.8, 4) is 11.1 Å². The number of primary amides is 1. The number of rotatable bonds is 4. The van der Waals surface area contributed by atoms with Gasteiger partial charge in [-0.25, -0.2) is 0 Å². The summed E-state index contributed by atoms with van der Waals surface area (Å²) in [5, 5.41) is 1.21. The Morgan fingerprint density at radius 3 is 2.59 bits per heavy atom. The number of ether oxygens (including phenoxy) is 1. The molecule has 2 aliphatic carbocycles. The van der Waals surface area contributed by atoms with Crippen LogP contribution >= 0.6 is 0 Å². The Balaban J connectivity index is 1.50. The van der Waals surface area contributed by atoms with Crippen LogP contribution in [-0.2, 0) is 27.8 Å². The van der Waals surface area contributed by atoms with Gasteiger partial charge in [-0.1, -0.05) is 6.07 Å². The van der Waals surface area contributed by atoms with E-state index < -0.39 is 5.41 Å². The van der Waals surface area contributed by atoms with Gasteiger partial charge in [-0.15, -0.1) is 0 Å². The highest BCUT2D eigenvalue weighted by atomic mass is 16.5. The Kier molecular flexibility index (Phi) is 4.65. The predicted molar refractivity (Wildman–Crippen MR) is 125 cm³/mol. The number of amides is 1. The van der Waals surface area contributed by atoms with Crippen molar-refractivity contribution in [2.75, 3.05) is 31.2 Å². The van der Waals surface area contributed by atoms with E-state index in [9.17, 15) is 4.79 Å². The molecule has 0 unspecified atom stereocenters. The molecule has 1 saturated carbocycles. The molecule has 1 aliphatic heterocycles. The molecule has 164 valence electrons. The second-order valence-corrected chi connectivity index (χ2v) is 9.30. The third-order valence-corrected chi connectivity index (χ3v) is 7.36. The fourth-order valence-electron chi connectivity index (χ4n) is 5.35. The average Bonchev–Trinajstić information content (AvgIpc) is 3.65. The van der Waals surface area contributed by atoms with E-state index in [2.05, 4.69) is 28.1 Å². The normalized spacial score (nSPS) is 19.6. The molecule has 0 atom stereocenters. The van der Waals surface area contributed by atoms with Gasteiger partial charge in [0.25, 0.3) is 0 Å². The molecule has 1 saturated heterocycles. The lowest BCUT2D eigenvalue weighted by molar-refractivity contribution is -0.120. The van der Waals surface area contributed by atoms with Gasteiger partial charge in [0.1, 0.15) is 0 Å². The van der Waals surface area contributed by atoms with Crippen LogP contribution in [0.3, 0.4) is 0 Å². The van der Waals surface area contributed by atoms with E-state index in [1.807, 2.05) is 12.1 Å². The first-order valence-electron chi connectivity index (χ1n) is 11.7. The first-order chi connectivity index (χ1) is 15.7. The van der Waals surface area contributed by atoms with Gasteiger partial charge in [0, 0.05) is 30.4 Å². The van der Waals surface area contributed by atoms with E-state index in [4.69, 9.17) is 15.5 Å². The van der Waals surface area contributed by atoms with Crippen LogP contribution in [-0.4, -0.2) is 42.2 Å². The Morgan fingerprint density at radius 1 is 1.03 bits per heavy atom. The summed E-state index contributed by atoms with van der Waals surface area (Å²) in [6.45, 7) is 3.36. The van der Waals surface area contributed by atoms with E-state index in [-0.39, 0.29) is 5.91 Å². The van der Waals surface area contributed by atoms with Crippen LogP contribution in [0, 0.1) is 0 Å². The molecule has 2 N–H and O–H groups in total. The van der Waals surface area contributed by atoms with E-state index in [0.717, 1.165) is 74.3 Å². The van der Waals surface area contributed by atoms with E-state index in [1.54, 1.807) is 6.20 Å². The van der Waals surface area contributed by atoms with E-state index >= 15 is 0 Å². The van der Waals surface area contributed by atoms with Crippen LogP contribution < -0.4 is 10.6 Å². The maximum absolute atomic E-state index is 12.0. The van der Waals surface area contributed by atoms with Crippen LogP contribution in [0.2, 0.25) is 0 Å². The number of nitrogens with zero attached hydrogens (tertiary/aromatic N) is 3. The maximum atomic E-state index is 12.0. The molecule has 1 amide bonds. The number of benzene rings is 1. The molecule has 1 aromatic carbocycles. The number of hydrogen-bond acceptors (Lipinski definition) is 5. The highest BCUT2D eigenvalue weighted by Gasteiger charge is 2.51. The quantitative estimate of drug-likeness (QED) is 0.688. The molecule has 3 aromatic rings. The van der Waals surface area contributed by atoms with Crippen molar-refractivity contribution in [1.82, 2.24) is 9.97 Å². The predicted octanol–water partition coefficient (Wildman–Crippen LogP) is 3.53. The van der Waals surface area contributed by atoms with E-state index in [0.29, 0.717) is 0 Å². The topological polar surface area (TPSA) is 81.3 Å². The van der Waals surface area contributed by atoms with Crippen molar-refractivity contribution in [3.63, 3.8) is 0 Å². The Labute approximate surface area is 187 Å². The number of hydrogen-bond donors (Lipinski definition) is 1. The van der Waals surface area contributed by atoms with E-state index in [1.165, 1.54) is 35.2 Å². The zero-order chi connectivity index (χ0) is 21.7. The highest BCUT2D eigenvalue weighted by molar-refractivity contribution is 5.97. The molecule has 2 aromatic heterocycles. The van der Waals surface area contributed by atoms with Crippen molar-refractivity contribution in [3.05, 3.63) is 53.5 Å². The summed E-state index contributed by atoms with van der Waals surface area (Å²) in [5.74, 6) is -0.272. The second-order valence-electron chi connectivity index (χ2n) is 9.30. The zero-order valence-electron chi connectivity index (χ0n) is 18.3. The summed E-state index contributed by atoms with van der Waals surface area (Å²) < 4.78 is 5.64. The molecule has 6 nitrogen and oxygen atoms in total. The van der Waals surface area contributed by atoms with Gasteiger partial charge >= 0.3 is 0 Å². The smallest absolute Gasteiger partial charge is 0.229 e. The number of carbonyl (C=O) groups excluding carboxylic acids is 1. The first kappa shape index (κ1) is 19.7. The van der Waals surface area contributed by atoms with Crippen molar-refractivity contribution >= 4 is 22.5 Å². The monoisotopic (exact) mass is 428 g/mol. The third-order valence-electron chi connectivity index (χ3n) is 7.36. The van der Waals surface area contributed by atoms with Gasteiger partial charge < -0.3 is 15.4 Å². The summed E-state index contributed by atoms with van der Waals surface area (Å²) in [4.78, 5) is 24.1. The van der Waals surface area contributed by atoms with Crippen molar-refractivity contribution < 1.29 is 9.53 Å². The lowest BCUT2D eigenvalue weighted by Crippen LogP contribution is -2.37. The number of nitrogens with two attached hydrogens (primary N) is 1. The van der Waals surface area contributed by atoms with Crippen LogP contribution in [0.25, 0.3) is 22.0 Å². The summed E-state index contributed by atoms with van der Waals surface area (Å²) in [6.07, 6.45) is 7.96. The zero-order valence-corrected chi connectivity index (χ0v) is 18.3. The lowest BCUT2D eigenvalue weighted by atomic mass is 9.91. The van der Waals surface area contributed by atoms with Crippen LogP contribution in [0.5, 0.6) is 0 Å². The summed E-state index contributed by atoms with van der Waals surface area (Å²) in [6, 6.07) is 10.6. The van der Waals surface area contributed by atoms with Crippen molar-refractivity contribution in [2.24, 2.45) is 5.73 Å². The fourth-order valence-corrected chi connectivity index (χ4v) is 5.35. The number of aromatic nitrogens is 2. The van der Waals surface area contributed by atoms with Gasteiger partial charge in [0.15, 0.2) is 0 Å². The number of aryl methyl sites for hydroxylation is 1. The van der Waals surface area contributed by atoms with Gasteiger partial charge in [-0.2, -0.15) is 0 Å². The maximum Gasteiger partial charge on any atom is 0.229 e. The number of fused-ring (bicyclic) bond motifs is 2. The minimum Gasteiger partial charge on any atom is -0.378 e. The molecule has 32 heavy (non-hydrogen) atoms. The number of pyridine rings is 2. The Hall–Kier alpha value is -2.99. The van der Waals surface area contributed by atoms with Gasteiger partial charge in [0.2, 0.25) is 5.91 Å². The Bertz CT molecular complexity index is 1210.